The number of Topliss-reactive ketones (excluding diaryl/α,β-unsaturated/α-hetero) is 2. The van der Waals surface area contributed by atoms with E-state index >= 15 is 0 Å². The van der Waals surface area contributed by atoms with E-state index in [0.29, 0.717) is 6.42 Å². The Morgan fingerprint density at radius 3 is 2.32 bits per heavy atom. The highest BCUT2D eigenvalue weighted by molar-refractivity contribution is 7.90. The van der Waals surface area contributed by atoms with Gasteiger partial charge in [-0.15, -0.1) is 0 Å². The third-order valence-electron chi connectivity index (χ3n) is 5.73. The minimum Gasteiger partial charge on any atom is -0.506 e. The molecule has 0 unspecified atom stereocenters. The minimum absolute atomic E-state index is 0.00512. The Labute approximate surface area is 226 Å². The molecule has 1 heterocycles. The molecule has 0 aliphatic heterocycles. The molecule has 1 N–H and O–H groups in total. The van der Waals surface area contributed by atoms with Crippen LogP contribution in [0.5, 0.6) is 17.2 Å². The van der Waals surface area contributed by atoms with Crippen LogP contribution in [0.2, 0.25) is 0 Å². The molecule has 0 atom stereocenters. The summed E-state index contributed by atoms with van der Waals surface area (Å²) in [5.74, 6) is -1.60. The molecule has 0 saturated heterocycles. The summed E-state index contributed by atoms with van der Waals surface area (Å²) < 4.78 is 37.8. The second-order valence-corrected chi connectivity index (χ2v) is 10.6. The summed E-state index contributed by atoms with van der Waals surface area (Å²) in [6.07, 6.45) is 6.04. The zero-order chi connectivity index (χ0) is 28.0. The fourth-order valence-corrected chi connectivity index (χ4v) is 5.23. The Morgan fingerprint density at radius 1 is 1.08 bits per heavy atom. The molecule has 0 aliphatic carbocycles. The lowest BCUT2D eigenvalue weighted by Gasteiger charge is -2.16. The smallest absolute Gasteiger partial charge is 0.267 e. The van der Waals surface area contributed by atoms with E-state index in [0.717, 1.165) is 3.97 Å². The van der Waals surface area contributed by atoms with Gasteiger partial charge in [-0.2, -0.15) is 0 Å². The van der Waals surface area contributed by atoms with Crippen molar-refractivity contribution in [1.82, 2.24) is 3.97 Å². The Morgan fingerprint density at radius 2 is 1.74 bits per heavy atom. The first kappa shape index (κ1) is 28.7. The lowest BCUT2D eigenvalue weighted by atomic mass is 9.95. The lowest BCUT2D eigenvalue weighted by Crippen LogP contribution is -2.12. The summed E-state index contributed by atoms with van der Waals surface area (Å²) in [6, 6.07) is 10.7. The molecule has 0 amide bonds. The molecule has 0 aliphatic rings. The van der Waals surface area contributed by atoms with Crippen molar-refractivity contribution in [2.45, 2.75) is 31.6 Å². The molecule has 10 heteroatoms. The maximum atomic E-state index is 13.3. The van der Waals surface area contributed by atoms with Crippen LogP contribution >= 0.6 is 11.6 Å². The van der Waals surface area contributed by atoms with Gasteiger partial charge in [0, 0.05) is 34.6 Å². The third kappa shape index (κ3) is 5.84. The van der Waals surface area contributed by atoms with Crippen LogP contribution in [0.3, 0.4) is 0 Å². The summed E-state index contributed by atoms with van der Waals surface area (Å²) in [5, 5.41) is 11.5. The molecular formula is C28H28ClNO7S. The highest BCUT2D eigenvalue weighted by Crippen LogP contribution is 2.45. The van der Waals surface area contributed by atoms with Gasteiger partial charge in [0.25, 0.3) is 10.0 Å². The number of benzene rings is 2. The molecule has 38 heavy (non-hydrogen) atoms. The highest BCUT2D eigenvalue weighted by Gasteiger charge is 2.28. The number of aromatic nitrogens is 1. The topological polar surface area (TPSA) is 112 Å². The minimum atomic E-state index is -3.91. The van der Waals surface area contributed by atoms with E-state index in [9.17, 15) is 23.1 Å². The maximum Gasteiger partial charge on any atom is 0.267 e. The zero-order valence-electron chi connectivity index (χ0n) is 21.4. The fraction of sp³-hybridized carbons (Fsp3) is 0.214. The van der Waals surface area contributed by atoms with Crippen molar-refractivity contribution < 1.29 is 32.6 Å². The van der Waals surface area contributed by atoms with Crippen molar-refractivity contribution in [3.63, 3.8) is 0 Å². The second kappa shape index (κ2) is 12.1. The van der Waals surface area contributed by atoms with Crippen LogP contribution in [0.25, 0.3) is 11.1 Å². The van der Waals surface area contributed by atoms with E-state index < -0.39 is 33.8 Å². The predicted octanol–water partition coefficient (Wildman–Crippen LogP) is 5.74. The quantitative estimate of drug-likeness (QED) is 0.138. The number of ether oxygens (including phenoxy) is 2. The number of allylic oxidation sites excluding steroid dienone is 4. The van der Waals surface area contributed by atoms with E-state index in [1.807, 2.05) is 6.92 Å². The van der Waals surface area contributed by atoms with Crippen molar-refractivity contribution in [3.05, 3.63) is 83.2 Å². The number of rotatable bonds is 11. The van der Waals surface area contributed by atoms with E-state index in [-0.39, 0.29) is 43.7 Å². The lowest BCUT2D eigenvalue weighted by molar-refractivity contribution is -0.114. The Bertz CT molecular complexity index is 1520. The summed E-state index contributed by atoms with van der Waals surface area (Å²) in [6.45, 7) is 3.45. The number of aromatic hydroxyl groups is 1. The van der Waals surface area contributed by atoms with Crippen molar-refractivity contribution in [1.29, 1.82) is 0 Å². The van der Waals surface area contributed by atoms with Crippen LogP contribution in [0, 0.1) is 0 Å². The van der Waals surface area contributed by atoms with E-state index in [4.69, 9.17) is 21.1 Å². The number of carbonyl (C=O) groups is 2. The number of hydrogen-bond donors (Lipinski definition) is 1. The summed E-state index contributed by atoms with van der Waals surface area (Å²) in [4.78, 5) is 26.3. The molecule has 0 saturated carbocycles. The molecule has 200 valence electrons. The van der Waals surface area contributed by atoms with Gasteiger partial charge in [-0.3, -0.25) is 9.59 Å². The zero-order valence-corrected chi connectivity index (χ0v) is 23.0. The van der Waals surface area contributed by atoms with Gasteiger partial charge in [-0.1, -0.05) is 48.9 Å². The average Bonchev–Trinajstić information content (AvgIpc) is 3.39. The molecule has 2 aromatic carbocycles. The van der Waals surface area contributed by atoms with Crippen molar-refractivity contribution in [2.75, 3.05) is 14.2 Å². The molecule has 0 fully saturated rings. The van der Waals surface area contributed by atoms with Gasteiger partial charge in [-0.05, 0) is 31.5 Å². The molecular weight excluding hydrogens is 530 g/mol. The second-order valence-electron chi connectivity index (χ2n) is 8.21. The van der Waals surface area contributed by atoms with E-state index in [1.54, 1.807) is 37.3 Å². The number of nitrogens with zero attached hydrogens (tertiary/aromatic N) is 1. The first-order valence-corrected chi connectivity index (χ1v) is 13.4. The van der Waals surface area contributed by atoms with Gasteiger partial charge in [0.05, 0.1) is 31.1 Å². The van der Waals surface area contributed by atoms with Gasteiger partial charge in [0.2, 0.25) is 0 Å². The molecule has 0 spiro atoms. The van der Waals surface area contributed by atoms with Gasteiger partial charge < -0.3 is 14.6 Å². The number of phenolic OH excluding ortho intramolecular Hbond substituents is 1. The average molecular weight is 558 g/mol. The van der Waals surface area contributed by atoms with Crippen molar-refractivity contribution in [2.24, 2.45) is 0 Å². The van der Waals surface area contributed by atoms with Gasteiger partial charge >= 0.3 is 0 Å². The van der Waals surface area contributed by atoms with Crippen molar-refractivity contribution in [3.8, 4) is 28.4 Å². The highest BCUT2D eigenvalue weighted by atomic mass is 35.5. The molecule has 3 rings (SSSR count). The third-order valence-corrected chi connectivity index (χ3v) is 7.59. The summed E-state index contributed by atoms with van der Waals surface area (Å²) >= 11 is 6.08. The fourth-order valence-electron chi connectivity index (χ4n) is 3.85. The van der Waals surface area contributed by atoms with Gasteiger partial charge in [-0.25, -0.2) is 12.4 Å². The van der Waals surface area contributed by atoms with Crippen LogP contribution in [0.4, 0.5) is 0 Å². The number of carbonyl (C=O) groups excluding carboxylic acids is 2. The molecule has 3 aromatic rings. The summed E-state index contributed by atoms with van der Waals surface area (Å²) in [5.41, 5.74) is 0.296. The number of halogens is 1. The number of phenols is 1. The molecule has 8 nitrogen and oxygen atoms in total. The van der Waals surface area contributed by atoms with E-state index in [2.05, 4.69) is 0 Å². The SMILES string of the molecule is CC/C=C\C(C(=O)CC(=O)c1c(OC)cc(OC)c(-c2ccn(S(=O)(=O)c3ccccc3)c2)c1O)=C(/C)Cl. The summed E-state index contributed by atoms with van der Waals surface area (Å²) in [7, 11) is -1.23. The first-order valence-electron chi connectivity index (χ1n) is 11.6. The first-order chi connectivity index (χ1) is 18.1. The molecule has 1 aromatic heterocycles. The van der Waals surface area contributed by atoms with Crippen LogP contribution in [-0.2, 0) is 14.8 Å². The Kier molecular flexibility index (Phi) is 9.19. The molecule has 0 radical (unpaired) electrons. The number of ketones is 2. The van der Waals surface area contributed by atoms with Gasteiger partial charge in [0.15, 0.2) is 11.6 Å². The Balaban J connectivity index is 2.10. The van der Waals surface area contributed by atoms with Crippen LogP contribution < -0.4 is 9.47 Å². The van der Waals surface area contributed by atoms with Crippen LogP contribution in [0.1, 0.15) is 37.0 Å². The number of hydrogen-bond acceptors (Lipinski definition) is 7. The predicted molar refractivity (Wildman–Crippen MR) is 146 cm³/mol. The molecule has 0 bridgehead atoms. The largest absolute Gasteiger partial charge is 0.506 e. The Hall–Kier alpha value is -3.82. The van der Waals surface area contributed by atoms with Crippen LogP contribution in [0.15, 0.2) is 82.5 Å². The standard InChI is InChI=1S/C28H28ClNO7S/c1-5-6-12-21(18(2)29)22(31)15-23(32)27-25(37-4)16-24(36-3)26(28(27)33)19-13-14-30(17-19)38(34,35)20-10-8-7-9-11-20/h6-14,16-17,33H,5,15H2,1-4H3/b12-6-,21-18-. The van der Waals surface area contributed by atoms with Crippen molar-refractivity contribution >= 4 is 33.2 Å². The van der Waals surface area contributed by atoms with E-state index in [1.165, 1.54) is 50.9 Å². The van der Waals surface area contributed by atoms with Gasteiger partial charge in [0.1, 0.15) is 22.8 Å². The maximum absolute atomic E-state index is 13.3. The monoisotopic (exact) mass is 557 g/mol. The van der Waals surface area contributed by atoms with Crippen LogP contribution in [-0.4, -0.2) is 43.3 Å². The number of methoxy groups -OCH3 is 2. The normalized spacial score (nSPS) is 12.3.